The van der Waals surface area contributed by atoms with Crippen LogP contribution in [0, 0.1) is 0 Å². The summed E-state index contributed by atoms with van der Waals surface area (Å²) >= 11 is 5.85. The van der Waals surface area contributed by atoms with Gasteiger partial charge in [0.25, 0.3) is 5.92 Å². The number of halogens is 3. The Bertz CT molecular complexity index is 513. The fourth-order valence-electron chi connectivity index (χ4n) is 1.86. The van der Waals surface area contributed by atoms with E-state index in [1.54, 1.807) is 6.92 Å². The van der Waals surface area contributed by atoms with Crippen molar-refractivity contribution in [1.82, 2.24) is 20.4 Å². The van der Waals surface area contributed by atoms with E-state index in [2.05, 4.69) is 15.5 Å². The van der Waals surface area contributed by atoms with Crippen LogP contribution in [0.1, 0.15) is 18.5 Å². The number of amides is 2. The van der Waals surface area contributed by atoms with Crippen molar-refractivity contribution in [3.05, 3.63) is 16.8 Å². The molecule has 1 aliphatic rings. The monoisotopic (exact) mass is 291 g/mol. The van der Waals surface area contributed by atoms with Gasteiger partial charge in [0.15, 0.2) is 5.15 Å². The van der Waals surface area contributed by atoms with Gasteiger partial charge in [-0.3, -0.25) is 0 Å². The number of hydrogen-bond acceptors (Lipinski definition) is 4. The number of carbonyl (C=O) groups is 1. The molecule has 6 nitrogen and oxygen atoms in total. The summed E-state index contributed by atoms with van der Waals surface area (Å²) in [6.45, 7) is 0.224. The summed E-state index contributed by atoms with van der Waals surface area (Å²) in [6, 6.07) is 0.154. The first-order valence-corrected chi connectivity index (χ1v) is 5.89. The largest absolute Gasteiger partial charge is 0.382 e. The van der Waals surface area contributed by atoms with Crippen LogP contribution < -0.4 is 11.1 Å². The number of aromatic nitrogens is 2. The lowest BCUT2D eigenvalue weighted by molar-refractivity contribution is -0.0428. The van der Waals surface area contributed by atoms with E-state index in [4.69, 9.17) is 17.3 Å². The second kappa shape index (κ2) is 4.76. The minimum absolute atomic E-state index is 0.0309. The number of hydrogen-bond donors (Lipinski definition) is 2. The molecule has 1 fully saturated rings. The Morgan fingerprint density at radius 3 is 2.95 bits per heavy atom. The Balaban J connectivity index is 2.29. The Kier molecular flexibility index (Phi) is 3.44. The molecule has 2 amide bonds. The van der Waals surface area contributed by atoms with Gasteiger partial charge >= 0.3 is 6.03 Å². The van der Waals surface area contributed by atoms with Crippen molar-refractivity contribution in [3.8, 4) is 0 Å². The number of carbonyl (C=O) groups excluding carboxylic acids is 1. The van der Waals surface area contributed by atoms with E-state index in [1.165, 1.54) is 6.07 Å². The molecule has 19 heavy (non-hydrogen) atoms. The third kappa shape index (κ3) is 2.83. The zero-order valence-electron chi connectivity index (χ0n) is 10.0. The van der Waals surface area contributed by atoms with Gasteiger partial charge in [0.2, 0.25) is 0 Å². The maximum Gasteiger partial charge on any atom is 0.318 e. The molecule has 0 saturated carbocycles. The summed E-state index contributed by atoms with van der Waals surface area (Å²) in [5.41, 5.74) is 5.86. The van der Waals surface area contributed by atoms with E-state index in [9.17, 15) is 13.6 Å². The summed E-state index contributed by atoms with van der Waals surface area (Å²) in [7, 11) is 0. The number of urea groups is 1. The van der Waals surface area contributed by atoms with Crippen LogP contribution in [0.15, 0.2) is 6.07 Å². The maximum atomic E-state index is 13.3. The van der Waals surface area contributed by atoms with Crippen LogP contribution in [-0.4, -0.2) is 40.1 Å². The number of anilines is 1. The molecular formula is C10H12ClF2N5O. The van der Waals surface area contributed by atoms with Crippen LogP contribution in [0.4, 0.5) is 19.4 Å². The fraction of sp³-hybridized carbons (Fsp3) is 0.500. The molecule has 2 rings (SSSR count). The van der Waals surface area contributed by atoms with Crippen molar-refractivity contribution in [1.29, 1.82) is 0 Å². The Morgan fingerprint density at radius 1 is 1.58 bits per heavy atom. The molecule has 1 unspecified atom stereocenters. The number of rotatable bonds is 2. The molecule has 0 bridgehead atoms. The van der Waals surface area contributed by atoms with Gasteiger partial charge in [-0.2, -0.15) is 0 Å². The highest BCUT2D eigenvalue weighted by atomic mass is 35.5. The Hall–Kier alpha value is -1.70. The third-order valence-electron chi connectivity index (χ3n) is 2.87. The molecule has 0 aromatic carbocycles. The van der Waals surface area contributed by atoms with Gasteiger partial charge in [-0.25, -0.2) is 13.6 Å². The second-order valence-corrected chi connectivity index (χ2v) is 4.69. The quantitative estimate of drug-likeness (QED) is 0.863. The van der Waals surface area contributed by atoms with Crippen LogP contribution in [-0.2, 0) is 0 Å². The molecule has 1 saturated heterocycles. The van der Waals surface area contributed by atoms with E-state index >= 15 is 0 Å². The fourth-order valence-corrected chi connectivity index (χ4v) is 2.11. The zero-order chi connectivity index (χ0) is 14.2. The first-order chi connectivity index (χ1) is 8.80. The molecule has 1 aromatic rings. The summed E-state index contributed by atoms with van der Waals surface area (Å²) in [5.74, 6) is -2.88. The van der Waals surface area contributed by atoms with E-state index in [-0.39, 0.29) is 11.0 Å². The third-order valence-corrected chi connectivity index (χ3v) is 3.17. The number of nitrogen functional groups attached to an aromatic ring is 1. The van der Waals surface area contributed by atoms with Crippen molar-refractivity contribution >= 4 is 23.4 Å². The minimum atomic E-state index is -2.99. The summed E-state index contributed by atoms with van der Waals surface area (Å²) < 4.78 is 26.7. The maximum absolute atomic E-state index is 13.3. The first kappa shape index (κ1) is 13.7. The topological polar surface area (TPSA) is 84.1 Å². The Labute approximate surface area is 112 Å². The predicted octanol–water partition coefficient (Wildman–Crippen LogP) is 1.43. The molecule has 1 aliphatic heterocycles. The molecule has 2 heterocycles. The van der Waals surface area contributed by atoms with E-state index in [0.29, 0.717) is 5.56 Å². The van der Waals surface area contributed by atoms with E-state index < -0.39 is 31.1 Å². The molecular weight excluding hydrogens is 280 g/mol. The lowest BCUT2D eigenvalue weighted by Crippen LogP contribution is -2.57. The van der Waals surface area contributed by atoms with Gasteiger partial charge in [-0.05, 0) is 13.0 Å². The highest BCUT2D eigenvalue weighted by Crippen LogP contribution is 2.30. The molecule has 0 aliphatic carbocycles. The SMILES string of the molecule is CC(c1cc(N)nnc1Cl)N1CC(F)(F)CNC1=O. The number of alkyl halides is 2. The van der Waals surface area contributed by atoms with Gasteiger partial charge in [0, 0.05) is 5.56 Å². The second-order valence-electron chi connectivity index (χ2n) is 4.33. The van der Waals surface area contributed by atoms with Crippen molar-refractivity contribution in [2.75, 3.05) is 18.8 Å². The van der Waals surface area contributed by atoms with Crippen LogP contribution in [0.2, 0.25) is 5.15 Å². The summed E-state index contributed by atoms with van der Waals surface area (Å²) in [4.78, 5) is 12.7. The van der Waals surface area contributed by atoms with Gasteiger partial charge < -0.3 is 16.0 Å². The molecule has 1 aromatic heterocycles. The Morgan fingerprint density at radius 2 is 2.26 bits per heavy atom. The van der Waals surface area contributed by atoms with Crippen LogP contribution in [0.3, 0.4) is 0 Å². The molecule has 0 radical (unpaired) electrons. The molecule has 0 spiro atoms. The smallest absolute Gasteiger partial charge is 0.318 e. The van der Waals surface area contributed by atoms with Crippen molar-refractivity contribution < 1.29 is 13.6 Å². The van der Waals surface area contributed by atoms with Gasteiger partial charge in [-0.15, -0.1) is 10.2 Å². The normalized spacial score (nSPS) is 20.0. The summed E-state index contributed by atoms with van der Waals surface area (Å²) in [6.07, 6.45) is 0. The van der Waals surface area contributed by atoms with Crippen molar-refractivity contribution in [3.63, 3.8) is 0 Å². The lowest BCUT2D eigenvalue weighted by atomic mass is 10.1. The number of nitrogens with two attached hydrogens (primary N) is 1. The number of nitrogens with zero attached hydrogens (tertiary/aromatic N) is 3. The van der Waals surface area contributed by atoms with Gasteiger partial charge in [0.05, 0.1) is 19.1 Å². The van der Waals surface area contributed by atoms with Gasteiger partial charge in [-0.1, -0.05) is 11.6 Å². The van der Waals surface area contributed by atoms with E-state index in [1.807, 2.05) is 0 Å². The van der Waals surface area contributed by atoms with Crippen molar-refractivity contribution in [2.45, 2.75) is 18.9 Å². The minimum Gasteiger partial charge on any atom is -0.382 e. The average molecular weight is 292 g/mol. The molecule has 104 valence electrons. The highest BCUT2D eigenvalue weighted by molar-refractivity contribution is 6.30. The van der Waals surface area contributed by atoms with E-state index in [0.717, 1.165) is 4.90 Å². The summed E-state index contributed by atoms with van der Waals surface area (Å²) in [5, 5.41) is 9.31. The zero-order valence-corrected chi connectivity index (χ0v) is 10.8. The predicted molar refractivity (Wildman–Crippen MR) is 64.9 cm³/mol. The van der Waals surface area contributed by atoms with Crippen molar-refractivity contribution in [2.24, 2.45) is 0 Å². The molecule has 1 atom stereocenters. The highest BCUT2D eigenvalue weighted by Gasteiger charge is 2.41. The van der Waals surface area contributed by atoms with Crippen LogP contribution in [0.5, 0.6) is 0 Å². The van der Waals surface area contributed by atoms with Gasteiger partial charge in [0.1, 0.15) is 5.82 Å². The standard InChI is InChI=1S/C10H12ClF2N5O/c1-5(6-2-7(14)16-17-8(6)11)18-4-10(12,13)3-15-9(18)19/h2,5H,3-4H2,1H3,(H2,14,16)(H,15,19). The molecule has 9 heteroatoms. The molecule has 3 N–H and O–H groups in total. The van der Waals surface area contributed by atoms with Crippen LogP contribution in [0.25, 0.3) is 0 Å². The first-order valence-electron chi connectivity index (χ1n) is 5.51. The number of nitrogens with one attached hydrogen (secondary N) is 1. The lowest BCUT2D eigenvalue weighted by Gasteiger charge is -2.37. The van der Waals surface area contributed by atoms with Crippen LogP contribution >= 0.6 is 11.6 Å². The average Bonchev–Trinajstić information content (AvgIpc) is 2.34.